The zero-order valence-corrected chi connectivity index (χ0v) is 44.8. The molecule has 0 N–H and O–H groups in total. The van der Waals surface area contributed by atoms with E-state index in [1.54, 1.807) is 0 Å². The van der Waals surface area contributed by atoms with Crippen LogP contribution in [0.2, 0.25) is 0 Å². The van der Waals surface area contributed by atoms with Gasteiger partial charge in [-0.25, -0.2) is 29.9 Å². The van der Waals surface area contributed by atoms with E-state index in [4.69, 9.17) is 29.9 Å². The number of benzene rings is 9. The lowest BCUT2D eigenvalue weighted by molar-refractivity contribution is 0.514. The molecule has 8 heteroatoms. The van der Waals surface area contributed by atoms with Crippen molar-refractivity contribution in [1.29, 1.82) is 0 Å². The van der Waals surface area contributed by atoms with Gasteiger partial charge in [0.2, 0.25) is 0 Å². The van der Waals surface area contributed by atoms with E-state index in [9.17, 15) is 0 Å². The fourth-order valence-corrected chi connectivity index (χ4v) is 13.0. The third-order valence-electron chi connectivity index (χ3n) is 16.9. The van der Waals surface area contributed by atoms with Crippen LogP contribution in [-0.2, 0) is 10.8 Å². The van der Waals surface area contributed by atoms with Crippen molar-refractivity contribution >= 4 is 33.2 Å². The van der Waals surface area contributed by atoms with Crippen LogP contribution in [0.4, 0.5) is 11.4 Å². The van der Waals surface area contributed by atoms with Crippen LogP contribution in [0.5, 0.6) is 0 Å². The summed E-state index contributed by atoms with van der Waals surface area (Å²) < 4.78 is 2.43. The molecule has 0 spiro atoms. The average Bonchev–Trinajstić information content (AvgIpc) is 4.17. The van der Waals surface area contributed by atoms with Gasteiger partial charge in [-0.3, -0.25) is 0 Å². The number of para-hydroxylation sites is 3. The number of hydrogen-bond acceptors (Lipinski definition) is 7. The Morgan fingerprint density at radius 2 is 0.825 bits per heavy atom. The van der Waals surface area contributed by atoms with E-state index in [0.717, 1.165) is 33.4 Å². The number of fused-ring (bicyclic) bond motifs is 10. The topological polar surface area (TPSA) is 85.5 Å². The van der Waals surface area contributed by atoms with Gasteiger partial charge in [0, 0.05) is 72.3 Å². The first-order valence-electron chi connectivity index (χ1n) is 27.5. The number of aromatic nitrogens is 7. The van der Waals surface area contributed by atoms with Gasteiger partial charge in [-0.1, -0.05) is 222 Å². The molecule has 382 valence electrons. The molecule has 0 radical (unpaired) electrons. The first kappa shape index (κ1) is 47.3. The molecule has 80 heavy (non-hydrogen) atoms. The summed E-state index contributed by atoms with van der Waals surface area (Å²) in [5.74, 6) is 4.35. The molecule has 0 saturated heterocycles. The summed E-state index contributed by atoms with van der Waals surface area (Å²) in [4.78, 5) is 32.4. The molecular formula is C72H54N8. The first-order chi connectivity index (χ1) is 39.2. The highest BCUT2D eigenvalue weighted by molar-refractivity contribution is 6.12. The van der Waals surface area contributed by atoms with E-state index in [-0.39, 0.29) is 22.8 Å². The Bertz CT molecular complexity index is 4370. The highest BCUT2D eigenvalue weighted by atomic mass is 15.2. The fraction of sp³-hybridized carbons (Fsp3) is 0.111. The van der Waals surface area contributed by atoms with E-state index in [0.29, 0.717) is 34.9 Å². The van der Waals surface area contributed by atoms with E-state index in [2.05, 4.69) is 207 Å². The van der Waals surface area contributed by atoms with Crippen LogP contribution in [0.25, 0.3) is 95.8 Å². The Hall–Kier alpha value is -9.92. The first-order valence-corrected chi connectivity index (χ1v) is 27.5. The van der Waals surface area contributed by atoms with Crippen molar-refractivity contribution in [3.8, 4) is 74.0 Å². The molecule has 1 aliphatic carbocycles. The van der Waals surface area contributed by atoms with E-state index < -0.39 is 0 Å². The summed E-state index contributed by atoms with van der Waals surface area (Å²) in [5, 5.41) is 2.45. The summed E-state index contributed by atoms with van der Waals surface area (Å²) in [6.07, 6.45) is 6.94. The standard InChI is InChI=1S/C36H26N4.C36H28N4/c1-36(2)28-18-10-12-20-31(28)40-30-19-11-9-17-26(30)27-21-25(22-29(36)32(27)40)35-38-33(23-13-5-3-6-14-23)37-34(39-35)24-15-7-4-8-16-24;1-36(2)28-17-9-10-19-31(28)40-30-21-20-25(22-27(30)26-16-11-18-29(36)32(26)40)35-38-33(23-12-5-3-6-13-23)37-34(39-35)24-14-7-4-8-15-24/h3-22H,1-2H3;3-22,26,32H,1-2H3. The van der Waals surface area contributed by atoms with Gasteiger partial charge >= 0.3 is 0 Å². The second-order valence-corrected chi connectivity index (χ2v) is 22.3. The van der Waals surface area contributed by atoms with Gasteiger partial charge in [0.1, 0.15) is 0 Å². The van der Waals surface area contributed by atoms with Crippen LogP contribution >= 0.6 is 0 Å². The fourth-order valence-electron chi connectivity index (χ4n) is 13.0. The smallest absolute Gasteiger partial charge is 0.164 e. The molecule has 0 amide bonds. The van der Waals surface area contributed by atoms with Gasteiger partial charge < -0.3 is 9.47 Å². The Labute approximate surface area is 465 Å². The van der Waals surface area contributed by atoms with Crippen LogP contribution in [0.15, 0.2) is 248 Å². The van der Waals surface area contributed by atoms with Crippen LogP contribution in [0, 0.1) is 0 Å². The Balaban J connectivity index is 0.000000138. The Kier molecular flexibility index (Phi) is 10.9. The molecular weight excluding hydrogens is 977 g/mol. The maximum atomic E-state index is 5.05. The van der Waals surface area contributed by atoms with Crippen molar-refractivity contribution in [2.24, 2.45) is 0 Å². The molecule has 0 bridgehead atoms. The largest absolute Gasteiger partial charge is 0.333 e. The predicted molar refractivity (Wildman–Crippen MR) is 324 cm³/mol. The summed E-state index contributed by atoms with van der Waals surface area (Å²) in [7, 11) is 0. The lowest BCUT2D eigenvalue weighted by atomic mass is 9.67. The van der Waals surface area contributed by atoms with E-state index >= 15 is 0 Å². The van der Waals surface area contributed by atoms with Gasteiger partial charge in [-0.05, 0) is 76.4 Å². The van der Waals surface area contributed by atoms with Crippen LogP contribution in [-0.4, -0.2) is 40.5 Å². The number of nitrogens with zero attached hydrogens (tertiary/aromatic N) is 8. The molecule has 16 rings (SSSR count). The lowest BCUT2D eigenvalue weighted by Gasteiger charge is -2.47. The van der Waals surface area contributed by atoms with Crippen LogP contribution in [0.1, 0.15) is 55.9 Å². The maximum absolute atomic E-state index is 5.05. The predicted octanol–water partition coefficient (Wildman–Crippen LogP) is 16.9. The van der Waals surface area contributed by atoms with E-state index in [1.165, 1.54) is 66.7 Å². The molecule has 2 atom stereocenters. The third kappa shape index (κ3) is 7.50. The molecule has 8 nitrogen and oxygen atoms in total. The molecule has 2 unspecified atom stereocenters. The molecule has 3 aliphatic heterocycles. The summed E-state index contributed by atoms with van der Waals surface area (Å²) in [5.41, 5.74) is 18.7. The van der Waals surface area contributed by atoms with Gasteiger partial charge in [-0.2, -0.15) is 0 Å². The average molecular weight is 1030 g/mol. The third-order valence-corrected chi connectivity index (χ3v) is 16.9. The number of hydrogen-bond donors (Lipinski definition) is 0. The molecule has 0 saturated carbocycles. The minimum atomic E-state index is -0.202. The lowest BCUT2D eigenvalue weighted by Crippen LogP contribution is -2.45. The van der Waals surface area contributed by atoms with Crippen molar-refractivity contribution in [3.05, 3.63) is 271 Å². The van der Waals surface area contributed by atoms with Crippen molar-refractivity contribution in [2.45, 2.75) is 50.5 Å². The van der Waals surface area contributed by atoms with Crippen molar-refractivity contribution in [2.75, 3.05) is 4.90 Å². The molecule has 9 aromatic carbocycles. The number of anilines is 2. The van der Waals surface area contributed by atoms with Gasteiger partial charge in [0.05, 0.1) is 22.8 Å². The van der Waals surface area contributed by atoms with Crippen LogP contribution < -0.4 is 4.90 Å². The van der Waals surface area contributed by atoms with Crippen molar-refractivity contribution < 1.29 is 0 Å². The number of rotatable bonds is 6. The minimum absolute atomic E-state index is 0.0327. The summed E-state index contributed by atoms with van der Waals surface area (Å²) in [6.45, 7) is 9.37. The van der Waals surface area contributed by atoms with Crippen molar-refractivity contribution in [3.63, 3.8) is 0 Å². The van der Waals surface area contributed by atoms with Crippen LogP contribution in [0.3, 0.4) is 0 Å². The SMILES string of the molecule is CC1(C)C2=CC=CC3c4cc(-c5nc(-c6ccccc6)nc(-c6ccccc6)n5)ccc4N(c4ccccc41)C23.CC1(C)c2ccccc2-n2c3ccccc3c3cc(-c4nc(-c5ccccc5)nc(-c5ccccc5)n4)cc1c32. The second-order valence-electron chi connectivity index (χ2n) is 22.3. The maximum Gasteiger partial charge on any atom is 0.164 e. The normalized spacial score (nSPS) is 16.4. The molecule has 12 aromatic rings. The number of allylic oxidation sites excluding steroid dienone is 2. The highest BCUT2D eigenvalue weighted by Crippen LogP contribution is 2.59. The molecule has 3 aromatic heterocycles. The molecule has 0 fully saturated rings. The van der Waals surface area contributed by atoms with E-state index in [1.807, 2.05) is 72.8 Å². The summed E-state index contributed by atoms with van der Waals surface area (Å²) >= 11 is 0. The van der Waals surface area contributed by atoms with Gasteiger partial charge in [0.15, 0.2) is 34.9 Å². The summed E-state index contributed by atoms with van der Waals surface area (Å²) in [6, 6.07) is 78.5. The highest BCUT2D eigenvalue weighted by Gasteiger charge is 2.50. The zero-order chi connectivity index (χ0) is 53.7. The Morgan fingerprint density at radius 3 is 1.39 bits per heavy atom. The Morgan fingerprint density at radius 1 is 0.362 bits per heavy atom. The monoisotopic (exact) mass is 1030 g/mol. The van der Waals surface area contributed by atoms with Gasteiger partial charge in [0.25, 0.3) is 0 Å². The van der Waals surface area contributed by atoms with Gasteiger partial charge in [-0.15, -0.1) is 0 Å². The molecule has 4 aliphatic rings. The zero-order valence-electron chi connectivity index (χ0n) is 44.8. The minimum Gasteiger partial charge on any atom is -0.333 e. The second kappa shape index (κ2) is 18.4. The molecule has 6 heterocycles. The van der Waals surface area contributed by atoms with Crippen molar-refractivity contribution in [1.82, 2.24) is 34.5 Å². The quantitative estimate of drug-likeness (QED) is 0.164.